The summed E-state index contributed by atoms with van der Waals surface area (Å²) >= 11 is 0. The fourth-order valence-electron chi connectivity index (χ4n) is 2.48. The van der Waals surface area contributed by atoms with Crippen LogP contribution < -0.4 is 20.1 Å². The largest absolute Gasteiger partial charge is 0.495 e. The average Bonchev–Trinajstić information content (AvgIpc) is 3.24. The Balaban J connectivity index is 1.70. The number of amides is 2. The summed E-state index contributed by atoms with van der Waals surface area (Å²) in [7, 11) is 1.49. The zero-order valence-electron chi connectivity index (χ0n) is 15.5. The minimum absolute atomic E-state index is 0.168. The lowest BCUT2D eigenvalue weighted by Crippen LogP contribution is -2.30. The predicted molar refractivity (Wildman–Crippen MR) is 105 cm³/mol. The van der Waals surface area contributed by atoms with Crippen LogP contribution in [0.5, 0.6) is 11.5 Å². The molecule has 0 bridgehead atoms. The molecule has 0 saturated carbocycles. The van der Waals surface area contributed by atoms with E-state index >= 15 is 0 Å². The van der Waals surface area contributed by atoms with Gasteiger partial charge in [0.15, 0.2) is 11.9 Å². The summed E-state index contributed by atoms with van der Waals surface area (Å²) in [4.78, 5) is 24.6. The van der Waals surface area contributed by atoms with Crippen LogP contribution in [0, 0.1) is 0 Å². The Labute approximate surface area is 162 Å². The van der Waals surface area contributed by atoms with Crippen molar-refractivity contribution in [2.24, 2.45) is 0 Å². The third-order valence-corrected chi connectivity index (χ3v) is 3.89. The average molecular weight is 380 g/mol. The molecule has 0 fully saturated rings. The normalized spacial score (nSPS) is 11.4. The van der Waals surface area contributed by atoms with Crippen LogP contribution in [-0.2, 0) is 4.79 Å². The van der Waals surface area contributed by atoms with Crippen molar-refractivity contribution < 1.29 is 23.5 Å². The Morgan fingerprint density at radius 2 is 1.79 bits per heavy atom. The summed E-state index contributed by atoms with van der Waals surface area (Å²) in [5.41, 5.74) is 0.891. The number of benzene rings is 2. The predicted octanol–water partition coefficient (Wildman–Crippen LogP) is 3.95. The van der Waals surface area contributed by atoms with E-state index in [2.05, 4.69) is 10.6 Å². The van der Waals surface area contributed by atoms with Gasteiger partial charge in [-0.3, -0.25) is 9.59 Å². The van der Waals surface area contributed by atoms with Gasteiger partial charge in [0.25, 0.3) is 11.8 Å². The van der Waals surface area contributed by atoms with Crippen LogP contribution >= 0.6 is 0 Å². The Kier molecular flexibility index (Phi) is 5.96. The number of carbonyl (C=O) groups excluding carboxylic acids is 2. The summed E-state index contributed by atoms with van der Waals surface area (Å²) < 4.78 is 16.0. The van der Waals surface area contributed by atoms with E-state index in [0.29, 0.717) is 22.9 Å². The quantitative estimate of drug-likeness (QED) is 0.648. The number of carbonyl (C=O) groups is 2. The molecule has 3 aromatic rings. The molecule has 1 aromatic heterocycles. The highest BCUT2D eigenvalue weighted by molar-refractivity contribution is 6.04. The van der Waals surface area contributed by atoms with E-state index in [9.17, 15) is 9.59 Å². The molecule has 0 aliphatic carbocycles. The maximum atomic E-state index is 12.4. The van der Waals surface area contributed by atoms with Crippen LogP contribution in [0.1, 0.15) is 17.5 Å². The van der Waals surface area contributed by atoms with E-state index in [1.165, 1.54) is 13.4 Å². The molecule has 3 rings (SSSR count). The summed E-state index contributed by atoms with van der Waals surface area (Å²) in [6.07, 6.45) is 0.711. The van der Waals surface area contributed by atoms with Gasteiger partial charge in [0, 0.05) is 5.69 Å². The maximum Gasteiger partial charge on any atom is 0.291 e. The highest BCUT2D eigenvalue weighted by Crippen LogP contribution is 2.28. The first-order valence-corrected chi connectivity index (χ1v) is 8.62. The molecule has 2 amide bonds. The van der Waals surface area contributed by atoms with Crippen LogP contribution in [0.3, 0.4) is 0 Å². The van der Waals surface area contributed by atoms with Crippen molar-refractivity contribution in [2.45, 2.75) is 13.0 Å². The van der Waals surface area contributed by atoms with Gasteiger partial charge < -0.3 is 24.5 Å². The number of methoxy groups -OCH3 is 1. The first kappa shape index (κ1) is 19.0. The van der Waals surface area contributed by atoms with Gasteiger partial charge in [-0.1, -0.05) is 18.2 Å². The van der Waals surface area contributed by atoms with Gasteiger partial charge >= 0.3 is 0 Å². The zero-order chi connectivity index (χ0) is 19.9. The standard InChI is InChI=1S/C21H20N2O5/c1-14(28-16-7-4-3-5-8-16)20(24)22-15-10-11-18(26-2)17(13-15)23-21(25)19-9-6-12-27-19/h3-14H,1-2H3,(H,22,24)(H,23,25). The molecule has 0 aliphatic heterocycles. The number of furan rings is 1. The lowest BCUT2D eigenvalue weighted by atomic mass is 10.2. The van der Waals surface area contributed by atoms with Crippen molar-refractivity contribution >= 4 is 23.2 Å². The Morgan fingerprint density at radius 3 is 2.46 bits per heavy atom. The van der Waals surface area contributed by atoms with Gasteiger partial charge in [0.1, 0.15) is 11.5 Å². The molecule has 0 radical (unpaired) electrons. The van der Waals surface area contributed by atoms with E-state index in [1.807, 2.05) is 18.2 Å². The second kappa shape index (κ2) is 8.77. The zero-order valence-corrected chi connectivity index (χ0v) is 15.5. The topological polar surface area (TPSA) is 89.8 Å². The van der Waals surface area contributed by atoms with Gasteiger partial charge in [-0.15, -0.1) is 0 Å². The number of rotatable bonds is 7. The van der Waals surface area contributed by atoms with Crippen molar-refractivity contribution in [1.29, 1.82) is 0 Å². The highest BCUT2D eigenvalue weighted by Gasteiger charge is 2.17. The van der Waals surface area contributed by atoms with Gasteiger partial charge in [-0.05, 0) is 49.4 Å². The smallest absolute Gasteiger partial charge is 0.291 e. The van der Waals surface area contributed by atoms with E-state index in [-0.39, 0.29) is 11.7 Å². The molecule has 0 aliphatic rings. The fraction of sp³-hybridized carbons (Fsp3) is 0.143. The van der Waals surface area contributed by atoms with Crippen molar-refractivity contribution in [3.05, 3.63) is 72.7 Å². The number of hydrogen-bond acceptors (Lipinski definition) is 5. The van der Waals surface area contributed by atoms with E-state index < -0.39 is 12.0 Å². The second-order valence-corrected chi connectivity index (χ2v) is 5.91. The third-order valence-electron chi connectivity index (χ3n) is 3.89. The molecule has 7 heteroatoms. The molecule has 1 atom stereocenters. The molecule has 0 spiro atoms. The van der Waals surface area contributed by atoms with Crippen LogP contribution in [0.4, 0.5) is 11.4 Å². The minimum atomic E-state index is -0.703. The number of nitrogens with one attached hydrogen (secondary N) is 2. The summed E-state index contributed by atoms with van der Waals surface area (Å²) in [6.45, 7) is 1.66. The van der Waals surface area contributed by atoms with Gasteiger partial charge in [0.2, 0.25) is 0 Å². The van der Waals surface area contributed by atoms with Crippen molar-refractivity contribution in [2.75, 3.05) is 17.7 Å². The molecule has 144 valence electrons. The number of anilines is 2. The third kappa shape index (κ3) is 4.70. The molecular formula is C21H20N2O5. The van der Waals surface area contributed by atoms with Crippen molar-refractivity contribution in [3.8, 4) is 11.5 Å². The van der Waals surface area contributed by atoms with Crippen molar-refractivity contribution in [1.82, 2.24) is 0 Å². The summed E-state index contributed by atoms with van der Waals surface area (Å²) in [5, 5.41) is 5.47. The molecule has 28 heavy (non-hydrogen) atoms. The molecular weight excluding hydrogens is 360 g/mol. The summed E-state index contributed by atoms with van der Waals surface area (Å²) in [5.74, 6) is 0.476. The summed E-state index contributed by atoms with van der Waals surface area (Å²) in [6, 6.07) is 17.2. The first-order chi connectivity index (χ1) is 13.6. The number of hydrogen-bond donors (Lipinski definition) is 2. The first-order valence-electron chi connectivity index (χ1n) is 8.62. The SMILES string of the molecule is COc1ccc(NC(=O)C(C)Oc2ccccc2)cc1NC(=O)c1ccco1. The van der Waals surface area contributed by atoms with E-state index in [4.69, 9.17) is 13.9 Å². The monoisotopic (exact) mass is 380 g/mol. The molecule has 1 heterocycles. The van der Waals surface area contributed by atoms with E-state index in [0.717, 1.165) is 0 Å². The molecule has 1 unspecified atom stereocenters. The Morgan fingerprint density at radius 1 is 1.00 bits per heavy atom. The van der Waals surface area contributed by atoms with Gasteiger partial charge in [-0.2, -0.15) is 0 Å². The van der Waals surface area contributed by atoms with E-state index in [1.54, 1.807) is 49.4 Å². The lowest BCUT2D eigenvalue weighted by Gasteiger charge is -2.16. The Hall–Kier alpha value is -3.74. The lowest BCUT2D eigenvalue weighted by molar-refractivity contribution is -0.122. The molecule has 0 saturated heterocycles. The van der Waals surface area contributed by atoms with Gasteiger partial charge in [-0.25, -0.2) is 0 Å². The van der Waals surface area contributed by atoms with Crippen LogP contribution in [0.15, 0.2) is 71.3 Å². The minimum Gasteiger partial charge on any atom is -0.495 e. The Bertz CT molecular complexity index is 939. The second-order valence-electron chi connectivity index (χ2n) is 5.91. The van der Waals surface area contributed by atoms with Crippen LogP contribution in [-0.4, -0.2) is 25.0 Å². The van der Waals surface area contributed by atoms with Crippen molar-refractivity contribution in [3.63, 3.8) is 0 Å². The molecule has 2 aromatic carbocycles. The van der Waals surface area contributed by atoms with Crippen LogP contribution in [0.25, 0.3) is 0 Å². The fourth-order valence-corrected chi connectivity index (χ4v) is 2.48. The van der Waals surface area contributed by atoms with Crippen LogP contribution in [0.2, 0.25) is 0 Å². The molecule has 7 nitrogen and oxygen atoms in total. The molecule has 2 N–H and O–H groups in total. The van der Waals surface area contributed by atoms with Gasteiger partial charge in [0.05, 0.1) is 19.1 Å². The highest BCUT2D eigenvalue weighted by atomic mass is 16.5. The maximum absolute atomic E-state index is 12.4. The number of para-hydroxylation sites is 1. The number of ether oxygens (including phenoxy) is 2.